The van der Waals surface area contributed by atoms with Crippen molar-refractivity contribution in [2.24, 2.45) is 4.99 Å². The van der Waals surface area contributed by atoms with Crippen molar-refractivity contribution in [2.45, 2.75) is 45.1 Å². The number of non-ortho nitro benzene ring substituents is 1. The number of fused-ring (bicyclic) bond motifs is 1. The highest BCUT2D eigenvalue weighted by atomic mass is 16.6. The molecule has 12 nitrogen and oxygen atoms in total. The molecule has 3 aromatic rings. The Morgan fingerprint density at radius 3 is 2.51 bits per heavy atom. The SMILES string of the molecule is Cc1cc2cc(NC(=NC3CCCCN(CC(=O)N4CCCC4)C3=O)NC(=O)c3ccc([N+](=O)[O-])cc3)ccc2o1. The molecule has 0 aliphatic carbocycles. The largest absolute Gasteiger partial charge is 0.461 e. The van der Waals surface area contributed by atoms with Crippen LogP contribution in [0.5, 0.6) is 0 Å². The second-order valence-electron chi connectivity index (χ2n) is 10.3. The molecule has 1 aromatic heterocycles. The molecule has 1 atom stereocenters. The molecule has 0 spiro atoms. The van der Waals surface area contributed by atoms with Crippen LogP contribution in [0, 0.1) is 17.0 Å². The molecule has 12 heteroatoms. The van der Waals surface area contributed by atoms with Crippen LogP contribution in [0.2, 0.25) is 0 Å². The molecule has 2 aliphatic rings. The summed E-state index contributed by atoms with van der Waals surface area (Å²) in [5.41, 5.74) is 1.38. The van der Waals surface area contributed by atoms with Gasteiger partial charge in [0.1, 0.15) is 17.4 Å². The lowest BCUT2D eigenvalue weighted by atomic mass is 10.1. The van der Waals surface area contributed by atoms with Crippen LogP contribution in [0.1, 0.15) is 48.2 Å². The topological polar surface area (TPSA) is 150 Å². The van der Waals surface area contributed by atoms with Crippen LogP contribution in [-0.2, 0) is 9.59 Å². The minimum atomic E-state index is -0.802. The van der Waals surface area contributed by atoms with Gasteiger partial charge in [0, 0.05) is 48.4 Å². The molecule has 214 valence electrons. The first kappa shape index (κ1) is 27.8. The summed E-state index contributed by atoms with van der Waals surface area (Å²) in [5, 5.41) is 17.7. The second kappa shape index (κ2) is 12.2. The summed E-state index contributed by atoms with van der Waals surface area (Å²) in [6.45, 7) is 3.76. The molecule has 0 bridgehead atoms. The molecule has 3 heterocycles. The van der Waals surface area contributed by atoms with Gasteiger partial charge >= 0.3 is 0 Å². The fraction of sp³-hybridized carbons (Fsp3) is 0.379. The van der Waals surface area contributed by atoms with Gasteiger partial charge in [0.25, 0.3) is 11.6 Å². The number of nitrogens with one attached hydrogen (secondary N) is 2. The van der Waals surface area contributed by atoms with E-state index < -0.39 is 16.9 Å². The molecule has 2 saturated heterocycles. The Morgan fingerprint density at radius 1 is 1.05 bits per heavy atom. The number of anilines is 1. The van der Waals surface area contributed by atoms with Crippen LogP contribution in [-0.4, -0.2) is 70.6 Å². The number of nitro benzene ring substituents is 1. The molecular formula is C29H32N6O6. The number of aryl methyl sites for hydroxylation is 1. The molecule has 5 rings (SSSR count). The quantitative estimate of drug-likeness (QED) is 0.201. The third kappa shape index (κ3) is 6.71. The van der Waals surface area contributed by atoms with Crippen molar-refractivity contribution in [1.82, 2.24) is 15.1 Å². The van der Waals surface area contributed by atoms with E-state index in [0.29, 0.717) is 37.3 Å². The van der Waals surface area contributed by atoms with Gasteiger partial charge in [0.15, 0.2) is 0 Å². The lowest BCUT2D eigenvalue weighted by Gasteiger charge is -2.25. The van der Waals surface area contributed by atoms with Gasteiger partial charge < -0.3 is 19.5 Å². The number of hydrogen-bond acceptors (Lipinski definition) is 7. The van der Waals surface area contributed by atoms with Crippen molar-refractivity contribution in [3.63, 3.8) is 0 Å². The Bertz CT molecular complexity index is 1490. The Kier molecular flexibility index (Phi) is 8.27. The third-order valence-electron chi connectivity index (χ3n) is 7.30. The molecule has 3 amide bonds. The van der Waals surface area contributed by atoms with Gasteiger partial charge in [0.05, 0.1) is 11.5 Å². The van der Waals surface area contributed by atoms with Crippen LogP contribution in [0.25, 0.3) is 11.0 Å². The van der Waals surface area contributed by atoms with Crippen LogP contribution in [0.15, 0.2) is 57.9 Å². The number of rotatable bonds is 6. The van der Waals surface area contributed by atoms with Crippen molar-refractivity contribution < 1.29 is 23.7 Å². The average molecular weight is 561 g/mol. The summed E-state index contributed by atoms with van der Waals surface area (Å²) in [5.74, 6) is -0.0634. The van der Waals surface area contributed by atoms with E-state index in [-0.39, 0.29) is 35.6 Å². The van der Waals surface area contributed by atoms with E-state index >= 15 is 0 Å². The molecule has 2 aromatic carbocycles. The Hall–Kier alpha value is -4.74. The van der Waals surface area contributed by atoms with E-state index in [4.69, 9.17) is 4.42 Å². The summed E-state index contributed by atoms with van der Waals surface area (Å²) < 4.78 is 5.65. The number of furan rings is 1. The van der Waals surface area contributed by atoms with Crippen molar-refractivity contribution in [2.75, 3.05) is 31.5 Å². The summed E-state index contributed by atoms with van der Waals surface area (Å²) in [7, 11) is 0. The minimum Gasteiger partial charge on any atom is -0.461 e. The molecule has 2 N–H and O–H groups in total. The fourth-order valence-corrected chi connectivity index (χ4v) is 5.15. The third-order valence-corrected chi connectivity index (χ3v) is 7.30. The summed E-state index contributed by atoms with van der Waals surface area (Å²) in [6, 6.07) is 11.7. The van der Waals surface area contributed by atoms with Gasteiger partial charge in [-0.05, 0) is 75.4 Å². The number of benzene rings is 2. The minimum absolute atomic E-state index is 0.0132. The summed E-state index contributed by atoms with van der Waals surface area (Å²) in [4.78, 5) is 58.0. The van der Waals surface area contributed by atoms with Crippen LogP contribution >= 0.6 is 0 Å². The van der Waals surface area contributed by atoms with E-state index in [1.807, 2.05) is 19.1 Å². The van der Waals surface area contributed by atoms with E-state index in [1.165, 1.54) is 24.3 Å². The smallest absolute Gasteiger partial charge is 0.269 e. The van der Waals surface area contributed by atoms with E-state index in [0.717, 1.165) is 36.8 Å². The maximum absolute atomic E-state index is 13.5. The van der Waals surface area contributed by atoms with Gasteiger partial charge in [0.2, 0.25) is 17.8 Å². The predicted molar refractivity (Wildman–Crippen MR) is 153 cm³/mol. The van der Waals surface area contributed by atoms with Crippen LogP contribution in [0.3, 0.4) is 0 Å². The van der Waals surface area contributed by atoms with Gasteiger partial charge in [-0.1, -0.05) is 0 Å². The first-order chi connectivity index (χ1) is 19.8. The van der Waals surface area contributed by atoms with Crippen molar-refractivity contribution in [1.29, 1.82) is 0 Å². The molecule has 1 unspecified atom stereocenters. The monoisotopic (exact) mass is 560 g/mol. The van der Waals surface area contributed by atoms with Crippen LogP contribution < -0.4 is 10.6 Å². The van der Waals surface area contributed by atoms with Crippen molar-refractivity contribution in [3.05, 3.63) is 70.0 Å². The predicted octanol–water partition coefficient (Wildman–Crippen LogP) is 3.85. The molecule has 2 fully saturated rings. The number of carbonyl (C=O) groups excluding carboxylic acids is 3. The standard InChI is InChI=1S/C29H32N6O6/c1-19-16-21-17-22(9-12-25(21)41-19)30-29(32-27(37)20-7-10-23(11-8-20)35(39)40)31-24-6-2-3-15-34(28(24)38)18-26(36)33-13-4-5-14-33/h7-12,16-17,24H,2-6,13-15,18H2,1H3,(H2,30,31,32,37). The Labute approximate surface area is 236 Å². The van der Waals surface area contributed by atoms with E-state index in [9.17, 15) is 24.5 Å². The van der Waals surface area contributed by atoms with Crippen molar-refractivity contribution >= 4 is 46.0 Å². The summed E-state index contributed by atoms with van der Waals surface area (Å²) >= 11 is 0. The highest BCUT2D eigenvalue weighted by Gasteiger charge is 2.30. The zero-order chi connectivity index (χ0) is 28.9. The number of nitrogens with zero attached hydrogens (tertiary/aromatic N) is 4. The average Bonchev–Trinajstić information content (AvgIpc) is 3.59. The highest BCUT2D eigenvalue weighted by molar-refractivity contribution is 6.11. The molecule has 41 heavy (non-hydrogen) atoms. The lowest BCUT2D eigenvalue weighted by Crippen LogP contribution is -2.45. The zero-order valence-electron chi connectivity index (χ0n) is 22.8. The number of amides is 3. The van der Waals surface area contributed by atoms with Gasteiger partial charge in [-0.15, -0.1) is 0 Å². The fourth-order valence-electron chi connectivity index (χ4n) is 5.15. The first-order valence-electron chi connectivity index (χ1n) is 13.7. The summed E-state index contributed by atoms with van der Waals surface area (Å²) in [6.07, 6.45) is 3.89. The van der Waals surface area contributed by atoms with E-state index in [2.05, 4.69) is 15.6 Å². The number of nitro groups is 1. The number of guanidine groups is 1. The van der Waals surface area contributed by atoms with Crippen molar-refractivity contribution in [3.8, 4) is 0 Å². The number of aliphatic imine (C=N–C) groups is 1. The van der Waals surface area contributed by atoms with Gasteiger partial charge in [-0.25, -0.2) is 4.99 Å². The maximum Gasteiger partial charge on any atom is 0.269 e. The molecule has 2 aliphatic heterocycles. The second-order valence-corrected chi connectivity index (χ2v) is 10.3. The lowest BCUT2D eigenvalue weighted by molar-refractivity contribution is -0.384. The highest BCUT2D eigenvalue weighted by Crippen LogP contribution is 2.23. The van der Waals surface area contributed by atoms with Gasteiger partial charge in [-0.3, -0.25) is 29.8 Å². The van der Waals surface area contributed by atoms with Gasteiger partial charge in [-0.2, -0.15) is 0 Å². The Morgan fingerprint density at radius 2 is 1.78 bits per heavy atom. The molecule has 0 saturated carbocycles. The molecule has 0 radical (unpaired) electrons. The molecular weight excluding hydrogens is 528 g/mol. The zero-order valence-corrected chi connectivity index (χ0v) is 22.8. The van der Waals surface area contributed by atoms with Crippen LogP contribution in [0.4, 0.5) is 11.4 Å². The van der Waals surface area contributed by atoms with E-state index in [1.54, 1.807) is 21.9 Å². The first-order valence-corrected chi connectivity index (χ1v) is 13.7. The number of likely N-dealkylation sites (tertiary alicyclic amines) is 2. The Balaban J connectivity index is 1.40. The normalized spacial score (nSPS) is 17.9. The number of carbonyl (C=O) groups is 3. The number of hydrogen-bond donors (Lipinski definition) is 2. The maximum atomic E-state index is 13.5.